The van der Waals surface area contributed by atoms with Crippen molar-refractivity contribution >= 4 is 0 Å². The molecular formula is C15H20O2. The number of benzene rings is 1. The van der Waals surface area contributed by atoms with E-state index in [1.165, 1.54) is 11.8 Å². The molecular weight excluding hydrogens is 212 g/mol. The Kier molecular flexibility index (Phi) is 6.84. The highest BCUT2D eigenvalue weighted by atomic mass is 16.5. The molecule has 0 aromatic heterocycles. The smallest absolute Gasteiger partial charge is 0.0936 e. The van der Waals surface area contributed by atoms with Crippen molar-refractivity contribution in [2.24, 2.45) is 5.92 Å². The summed E-state index contributed by atoms with van der Waals surface area (Å²) in [5, 5.41) is 0. The van der Waals surface area contributed by atoms with Crippen LogP contribution in [0.5, 0.6) is 0 Å². The van der Waals surface area contributed by atoms with Crippen molar-refractivity contribution in [2.45, 2.75) is 13.0 Å². The molecule has 1 atom stereocenters. The second-order valence-corrected chi connectivity index (χ2v) is 3.82. The monoisotopic (exact) mass is 232 g/mol. The molecule has 1 unspecified atom stereocenters. The molecule has 2 nitrogen and oxygen atoms in total. The SMILES string of the molecule is C=COCC(C=C)CCOCc1ccccc1. The van der Waals surface area contributed by atoms with Crippen LogP contribution in [0.1, 0.15) is 12.0 Å². The molecule has 0 heterocycles. The van der Waals surface area contributed by atoms with Crippen molar-refractivity contribution in [3.63, 3.8) is 0 Å². The van der Waals surface area contributed by atoms with Crippen LogP contribution < -0.4 is 0 Å². The molecule has 0 fully saturated rings. The number of rotatable bonds is 9. The van der Waals surface area contributed by atoms with Crippen molar-refractivity contribution < 1.29 is 9.47 Å². The molecule has 0 saturated heterocycles. The zero-order valence-corrected chi connectivity index (χ0v) is 10.2. The van der Waals surface area contributed by atoms with E-state index in [2.05, 4.69) is 25.3 Å². The van der Waals surface area contributed by atoms with E-state index in [1.54, 1.807) is 0 Å². The van der Waals surface area contributed by atoms with E-state index in [9.17, 15) is 0 Å². The van der Waals surface area contributed by atoms with Crippen molar-refractivity contribution in [2.75, 3.05) is 13.2 Å². The highest BCUT2D eigenvalue weighted by molar-refractivity contribution is 5.13. The van der Waals surface area contributed by atoms with Gasteiger partial charge in [0.25, 0.3) is 0 Å². The Bertz CT molecular complexity index is 319. The second kappa shape index (κ2) is 8.59. The molecule has 92 valence electrons. The zero-order chi connectivity index (χ0) is 12.3. The van der Waals surface area contributed by atoms with Crippen LogP contribution in [0.3, 0.4) is 0 Å². The molecule has 0 saturated carbocycles. The van der Waals surface area contributed by atoms with E-state index < -0.39 is 0 Å². The normalized spacial score (nSPS) is 11.8. The summed E-state index contributed by atoms with van der Waals surface area (Å²) in [6.07, 6.45) is 4.28. The molecule has 2 heteroatoms. The summed E-state index contributed by atoms with van der Waals surface area (Å²) >= 11 is 0. The summed E-state index contributed by atoms with van der Waals surface area (Å²) in [6, 6.07) is 10.2. The standard InChI is InChI=1S/C15H20O2/c1-3-14(12-16-4-2)10-11-17-13-15-8-6-5-7-9-15/h3-9,14H,1-2,10-13H2. The lowest BCUT2D eigenvalue weighted by atomic mass is 10.1. The minimum absolute atomic E-state index is 0.323. The Morgan fingerprint density at radius 2 is 1.94 bits per heavy atom. The molecule has 0 aliphatic rings. The maximum atomic E-state index is 5.60. The van der Waals surface area contributed by atoms with Gasteiger partial charge in [0.1, 0.15) is 0 Å². The van der Waals surface area contributed by atoms with Crippen LogP contribution in [0, 0.1) is 5.92 Å². The van der Waals surface area contributed by atoms with Gasteiger partial charge in [-0.05, 0) is 12.0 Å². The number of ether oxygens (including phenoxy) is 2. The Labute approximate surface area is 104 Å². The van der Waals surface area contributed by atoms with E-state index in [4.69, 9.17) is 9.47 Å². The first-order valence-corrected chi connectivity index (χ1v) is 5.83. The molecule has 17 heavy (non-hydrogen) atoms. The lowest BCUT2D eigenvalue weighted by Gasteiger charge is -2.11. The number of hydrogen-bond donors (Lipinski definition) is 0. The third kappa shape index (κ3) is 5.93. The predicted octanol–water partition coefficient (Wildman–Crippen LogP) is 3.56. The van der Waals surface area contributed by atoms with Gasteiger partial charge in [0.05, 0.1) is 19.5 Å². The average Bonchev–Trinajstić information content (AvgIpc) is 2.39. The third-order valence-corrected chi connectivity index (χ3v) is 2.51. The van der Waals surface area contributed by atoms with Gasteiger partial charge in [0.15, 0.2) is 0 Å². The molecule has 1 aromatic carbocycles. The van der Waals surface area contributed by atoms with E-state index in [0.717, 1.165) is 6.42 Å². The quantitative estimate of drug-likeness (QED) is 0.368. The van der Waals surface area contributed by atoms with Gasteiger partial charge in [0, 0.05) is 12.5 Å². The first-order valence-electron chi connectivity index (χ1n) is 5.83. The molecule has 0 amide bonds. The van der Waals surface area contributed by atoms with Gasteiger partial charge < -0.3 is 9.47 Å². The summed E-state index contributed by atoms with van der Waals surface area (Å²) in [7, 11) is 0. The Balaban J connectivity index is 2.14. The topological polar surface area (TPSA) is 18.5 Å². The molecule has 1 aromatic rings. The van der Waals surface area contributed by atoms with Crippen LogP contribution >= 0.6 is 0 Å². The van der Waals surface area contributed by atoms with Gasteiger partial charge >= 0.3 is 0 Å². The van der Waals surface area contributed by atoms with Crippen molar-refractivity contribution in [1.29, 1.82) is 0 Å². The van der Waals surface area contributed by atoms with Gasteiger partial charge in [-0.3, -0.25) is 0 Å². The summed E-state index contributed by atoms with van der Waals surface area (Å²) < 4.78 is 10.7. The van der Waals surface area contributed by atoms with E-state index in [1.807, 2.05) is 24.3 Å². The Morgan fingerprint density at radius 3 is 2.59 bits per heavy atom. The first kappa shape index (κ1) is 13.5. The summed E-state index contributed by atoms with van der Waals surface area (Å²) in [5.41, 5.74) is 1.20. The lowest BCUT2D eigenvalue weighted by molar-refractivity contribution is 0.101. The fourth-order valence-electron chi connectivity index (χ4n) is 1.46. The maximum Gasteiger partial charge on any atom is 0.0936 e. The van der Waals surface area contributed by atoms with Gasteiger partial charge in [-0.1, -0.05) is 43.0 Å². The second-order valence-electron chi connectivity index (χ2n) is 3.82. The minimum atomic E-state index is 0.323. The summed E-state index contributed by atoms with van der Waals surface area (Å²) in [4.78, 5) is 0. The van der Waals surface area contributed by atoms with E-state index in [0.29, 0.717) is 25.7 Å². The van der Waals surface area contributed by atoms with Crippen molar-refractivity contribution in [1.82, 2.24) is 0 Å². The fraction of sp³-hybridized carbons (Fsp3) is 0.333. The molecule has 0 bridgehead atoms. The molecule has 1 rings (SSSR count). The summed E-state index contributed by atoms with van der Waals surface area (Å²) in [5.74, 6) is 0.323. The van der Waals surface area contributed by atoms with Crippen LogP contribution in [0.25, 0.3) is 0 Å². The Morgan fingerprint density at radius 1 is 1.18 bits per heavy atom. The lowest BCUT2D eigenvalue weighted by Crippen LogP contribution is -2.08. The molecule has 0 radical (unpaired) electrons. The van der Waals surface area contributed by atoms with Crippen LogP contribution in [0.2, 0.25) is 0 Å². The third-order valence-electron chi connectivity index (χ3n) is 2.51. The highest BCUT2D eigenvalue weighted by Gasteiger charge is 2.03. The van der Waals surface area contributed by atoms with Crippen LogP contribution in [0.4, 0.5) is 0 Å². The summed E-state index contributed by atoms with van der Waals surface area (Å²) in [6.45, 7) is 9.30. The first-order chi connectivity index (χ1) is 8.36. The van der Waals surface area contributed by atoms with Crippen molar-refractivity contribution in [3.8, 4) is 0 Å². The average molecular weight is 232 g/mol. The van der Waals surface area contributed by atoms with Crippen LogP contribution in [-0.4, -0.2) is 13.2 Å². The molecule has 0 spiro atoms. The molecule has 0 aliphatic carbocycles. The predicted molar refractivity (Wildman–Crippen MR) is 70.6 cm³/mol. The maximum absolute atomic E-state index is 5.60. The van der Waals surface area contributed by atoms with Gasteiger partial charge in [-0.15, -0.1) is 6.58 Å². The van der Waals surface area contributed by atoms with Gasteiger partial charge in [-0.2, -0.15) is 0 Å². The van der Waals surface area contributed by atoms with E-state index in [-0.39, 0.29) is 0 Å². The van der Waals surface area contributed by atoms with Gasteiger partial charge in [-0.25, -0.2) is 0 Å². The fourth-order valence-corrected chi connectivity index (χ4v) is 1.46. The Hall–Kier alpha value is -1.54. The minimum Gasteiger partial charge on any atom is -0.501 e. The van der Waals surface area contributed by atoms with Gasteiger partial charge in [0.2, 0.25) is 0 Å². The molecule has 0 N–H and O–H groups in total. The van der Waals surface area contributed by atoms with E-state index >= 15 is 0 Å². The highest BCUT2D eigenvalue weighted by Crippen LogP contribution is 2.07. The zero-order valence-electron chi connectivity index (χ0n) is 10.2. The van der Waals surface area contributed by atoms with Crippen LogP contribution in [0.15, 0.2) is 55.8 Å². The largest absolute Gasteiger partial charge is 0.501 e. The molecule has 0 aliphatic heterocycles. The number of hydrogen-bond acceptors (Lipinski definition) is 2. The van der Waals surface area contributed by atoms with Crippen LogP contribution in [-0.2, 0) is 16.1 Å². The van der Waals surface area contributed by atoms with Crippen molar-refractivity contribution in [3.05, 3.63) is 61.4 Å².